The third kappa shape index (κ3) is 2.92. The number of ether oxygens (including phenoxy) is 2. The fourth-order valence-electron chi connectivity index (χ4n) is 1.21. The molecule has 0 unspecified atom stereocenters. The monoisotopic (exact) mass is 279 g/mol. The topological polar surface area (TPSA) is 55.8 Å². The van der Waals surface area contributed by atoms with E-state index < -0.39 is 28.8 Å². The first kappa shape index (κ1) is 12.4. The summed E-state index contributed by atoms with van der Waals surface area (Å²) in [5.41, 5.74) is -0.460. The second-order valence-corrected chi connectivity index (χ2v) is 5.15. The van der Waals surface area contributed by atoms with Gasteiger partial charge in [-0.05, 0) is 36.7 Å². The number of cyclic esters (lactones) is 1. The Labute approximate surface area is 96.8 Å². The van der Waals surface area contributed by atoms with Gasteiger partial charge in [0, 0.05) is 6.92 Å². The van der Waals surface area contributed by atoms with E-state index in [2.05, 4.69) is 15.9 Å². The molecule has 1 heterocycles. The van der Waals surface area contributed by atoms with E-state index in [0.717, 1.165) is 4.90 Å². The molecule has 0 radical (unpaired) electrons. The van der Waals surface area contributed by atoms with Gasteiger partial charge in [-0.3, -0.25) is 4.79 Å². The van der Waals surface area contributed by atoms with Crippen LogP contribution in [0.3, 0.4) is 0 Å². The Morgan fingerprint density at radius 2 is 2.07 bits per heavy atom. The fraction of sp³-hybridized carbons (Fsp3) is 0.778. The number of imide groups is 1. The third-order valence-corrected chi connectivity index (χ3v) is 2.34. The SMILES string of the molecule is CC(=O)N1C(=O)O[C@@H](Br)[C@@H]1OC(C)(C)C. The van der Waals surface area contributed by atoms with Gasteiger partial charge in [-0.1, -0.05) is 0 Å². The van der Waals surface area contributed by atoms with Gasteiger partial charge in [-0.25, -0.2) is 9.69 Å². The molecule has 0 N–H and O–H groups in total. The minimum Gasteiger partial charge on any atom is -0.429 e. The highest BCUT2D eigenvalue weighted by Crippen LogP contribution is 2.28. The van der Waals surface area contributed by atoms with Crippen LogP contribution in [0.25, 0.3) is 0 Å². The summed E-state index contributed by atoms with van der Waals surface area (Å²) in [7, 11) is 0. The summed E-state index contributed by atoms with van der Waals surface area (Å²) in [6.07, 6.45) is -1.39. The van der Waals surface area contributed by atoms with Crippen LogP contribution in [0.4, 0.5) is 4.79 Å². The highest BCUT2D eigenvalue weighted by molar-refractivity contribution is 9.09. The third-order valence-electron chi connectivity index (χ3n) is 1.70. The lowest BCUT2D eigenvalue weighted by Crippen LogP contribution is -2.44. The molecule has 0 spiro atoms. The van der Waals surface area contributed by atoms with Crippen molar-refractivity contribution in [3.05, 3.63) is 0 Å². The Morgan fingerprint density at radius 1 is 1.53 bits per heavy atom. The first-order valence-corrected chi connectivity index (χ1v) is 5.46. The van der Waals surface area contributed by atoms with Crippen molar-refractivity contribution in [2.75, 3.05) is 0 Å². The molecule has 0 aromatic rings. The normalized spacial score (nSPS) is 26.7. The Balaban J connectivity index is 2.84. The number of amides is 2. The minimum atomic E-state index is -0.713. The summed E-state index contributed by atoms with van der Waals surface area (Å²) in [5.74, 6) is -0.392. The molecule has 86 valence electrons. The lowest BCUT2D eigenvalue weighted by atomic mass is 10.2. The lowest BCUT2D eigenvalue weighted by molar-refractivity contribution is -0.146. The molecule has 1 aliphatic rings. The van der Waals surface area contributed by atoms with Crippen LogP contribution >= 0.6 is 15.9 Å². The zero-order valence-corrected chi connectivity index (χ0v) is 10.7. The standard InChI is InChI=1S/C9H14BrNO4/c1-5(12)11-7(15-9(2,3)4)6(10)14-8(11)13/h6-7H,1-4H3/t6-,7+/m1/s1. The molecule has 0 aliphatic carbocycles. The van der Waals surface area contributed by atoms with Gasteiger partial charge in [0.1, 0.15) is 0 Å². The van der Waals surface area contributed by atoms with Crippen LogP contribution in [0, 0.1) is 0 Å². The largest absolute Gasteiger partial charge is 0.429 e. The molecule has 2 amide bonds. The molecule has 0 aromatic heterocycles. The van der Waals surface area contributed by atoms with Crippen LogP contribution in [-0.4, -0.2) is 33.7 Å². The van der Waals surface area contributed by atoms with Crippen molar-refractivity contribution in [2.45, 2.75) is 44.5 Å². The molecule has 0 aromatic carbocycles. The highest BCUT2D eigenvalue weighted by Gasteiger charge is 2.45. The van der Waals surface area contributed by atoms with E-state index in [-0.39, 0.29) is 0 Å². The first-order chi connectivity index (χ1) is 6.72. The average molecular weight is 280 g/mol. The van der Waals surface area contributed by atoms with Crippen molar-refractivity contribution < 1.29 is 19.1 Å². The number of nitrogens with zero attached hydrogens (tertiary/aromatic N) is 1. The van der Waals surface area contributed by atoms with Gasteiger partial charge in [0.05, 0.1) is 5.60 Å². The molecular weight excluding hydrogens is 266 g/mol. The van der Waals surface area contributed by atoms with Crippen molar-refractivity contribution in [3.63, 3.8) is 0 Å². The lowest BCUT2D eigenvalue weighted by Gasteiger charge is -2.28. The van der Waals surface area contributed by atoms with Gasteiger partial charge in [0.25, 0.3) is 0 Å². The van der Waals surface area contributed by atoms with Crippen molar-refractivity contribution in [1.82, 2.24) is 4.90 Å². The Bertz CT molecular complexity index is 286. The Hall–Kier alpha value is -0.620. The van der Waals surface area contributed by atoms with Gasteiger partial charge < -0.3 is 9.47 Å². The van der Waals surface area contributed by atoms with E-state index in [0.29, 0.717) is 0 Å². The van der Waals surface area contributed by atoms with Crippen molar-refractivity contribution in [3.8, 4) is 0 Å². The number of rotatable bonds is 1. The second kappa shape index (κ2) is 4.09. The second-order valence-electron chi connectivity index (χ2n) is 4.24. The molecule has 1 aliphatic heterocycles. The molecule has 15 heavy (non-hydrogen) atoms. The molecule has 1 saturated heterocycles. The summed E-state index contributed by atoms with van der Waals surface area (Å²) in [5, 5.41) is -0.617. The fourth-order valence-corrected chi connectivity index (χ4v) is 1.71. The van der Waals surface area contributed by atoms with Crippen LogP contribution in [0.1, 0.15) is 27.7 Å². The number of halogens is 1. The highest BCUT2D eigenvalue weighted by atomic mass is 79.9. The van der Waals surface area contributed by atoms with E-state index in [1.54, 1.807) is 0 Å². The van der Waals surface area contributed by atoms with Gasteiger partial charge >= 0.3 is 6.09 Å². The molecule has 0 bridgehead atoms. The van der Waals surface area contributed by atoms with Gasteiger partial charge in [0.15, 0.2) is 6.23 Å². The molecule has 5 nitrogen and oxygen atoms in total. The number of alkyl halides is 1. The molecular formula is C9H14BrNO4. The summed E-state index contributed by atoms with van der Waals surface area (Å²) >= 11 is 3.14. The van der Waals surface area contributed by atoms with E-state index >= 15 is 0 Å². The average Bonchev–Trinajstić information content (AvgIpc) is 2.23. The minimum absolute atomic E-state index is 0.392. The molecule has 6 heteroatoms. The maximum absolute atomic E-state index is 11.3. The van der Waals surface area contributed by atoms with E-state index in [1.165, 1.54) is 6.92 Å². The number of carbonyl (C=O) groups is 2. The maximum Gasteiger partial charge on any atom is 0.420 e. The zero-order valence-electron chi connectivity index (χ0n) is 9.11. The predicted octanol–water partition coefficient (Wildman–Crippen LogP) is 1.85. The molecule has 2 atom stereocenters. The van der Waals surface area contributed by atoms with Gasteiger partial charge in [-0.15, -0.1) is 0 Å². The van der Waals surface area contributed by atoms with Crippen LogP contribution in [0.15, 0.2) is 0 Å². The van der Waals surface area contributed by atoms with Gasteiger partial charge in [-0.2, -0.15) is 0 Å². The van der Waals surface area contributed by atoms with Crippen molar-refractivity contribution in [1.29, 1.82) is 0 Å². The summed E-state index contributed by atoms with van der Waals surface area (Å²) in [4.78, 5) is 23.5. The van der Waals surface area contributed by atoms with Gasteiger partial charge in [0.2, 0.25) is 10.9 Å². The summed E-state index contributed by atoms with van der Waals surface area (Å²) in [6, 6.07) is 0. The number of hydrogen-bond donors (Lipinski definition) is 0. The van der Waals surface area contributed by atoms with Crippen LogP contribution in [0.2, 0.25) is 0 Å². The Kier molecular flexibility index (Phi) is 3.40. The number of carbonyl (C=O) groups excluding carboxylic acids is 2. The van der Waals surface area contributed by atoms with Crippen LogP contribution in [-0.2, 0) is 14.3 Å². The maximum atomic E-state index is 11.3. The molecule has 0 saturated carbocycles. The quantitative estimate of drug-likeness (QED) is 0.688. The number of hydrogen-bond acceptors (Lipinski definition) is 4. The first-order valence-electron chi connectivity index (χ1n) is 4.54. The van der Waals surface area contributed by atoms with Crippen LogP contribution < -0.4 is 0 Å². The predicted molar refractivity (Wildman–Crippen MR) is 56.3 cm³/mol. The summed E-state index contributed by atoms with van der Waals surface area (Å²) in [6.45, 7) is 6.82. The van der Waals surface area contributed by atoms with E-state index in [1.807, 2.05) is 20.8 Å². The van der Waals surface area contributed by atoms with Crippen molar-refractivity contribution >= 4 is 27.9 Å². The zero-order chi connectivity index (χ0) is 11.8. The van der Waals surface area contributed by atoms with Crippen molar-refractivity contribution in [2.24, 2.45) is 0 Å². The van der Waals surface area contributed by atoms with E-state index in [9.17, 15) is 9.59 Å². The Morgan fingerprint density at radius 3 is 2.47 bits per heavy atom. The van der Waals surface area contributed by atoms with E-state index in [4.69, 9.17) is 9.47 Å². The molecule has 1 rings (SSSR count). The molecule has 1 fully saturated rings. The summed E-state index contributed by atoms with van der Waals surface area (Å²) < 4.78 is 10.4. The van der Waals surface area contributed by atoms with Crippen LogP contribution in [0.5, 0.6) is 0 Å². The smallest absolute Gasteiger partial charge is 0.420 e.